The number of hydrogen-bond donors (Lipinski definition) is 2. The number of amides is 2. The highest BCUT2D eigenvalue weighted by molar-refractivity contribution is 9.10. The molecule has 26 heavy (non-hydrogen) atoms. The average molecular weight is 442 g/mol. The van der Waals surface area contributed by atoms with Gasteiger partial charge in [-0.1, -0.05) is 11.6 Å². The van der Waals surface area contributed by atoms with Crippen molar-refractivity contribution in [1.82, 2.24) is 0 Å². The number of rotatable bonds is 6. The fourth-order valence-electron chi connectivity index (χ4n) is 2.13. The van der Waals surface area contributed by atoms with Crippen LogP contribution in [-0.4, -0.2) is 25.0 Å². The van der Waals surface area contributed by atoms with Gasteiger partial charge in [0.05, 0.1) is 17.3 Å². The molecule has 0 heterocycles. The summed E-state index contributed by atoms with van der Waals surface area (Å²) in [5.41, 5.74) is 0.969. The van der Waals surface area contributed by atoms with Gasteiger partial charge in [0.25, 0.3) is 5.91 Å². The standard InChI is InChI=1S/C18H18BrClN2O4/c1-10(26-16-6-4-12(20)8-14(16)19)18(24)22-13-5-7-17(25-3)15(9-13)21-11(2)23/h4-10H,1-3H3,(H,21,23)(H,22,24)/t10-/m1/s1. The highest BCUT2D eigenvalue weighted by atomic mass is 79.9. The summed E-state index contributed by atoms with van der Waals surface area (Å²) in [5.74, 6) is 0.417. The molecule has 0 aliphatic heterocycles. The van der Waals surface area contributed by atoms with Crippen molar-refractivity contribution in [3.63, 3.8) is 0 Å². The molecule has 0 saturated heterocycles. The summed E-state index contributed by atoms with van der Waals surface area (Å²) in [7, 11) is 1.50. The van der Waals surface area contributed by atoms with E-state index in [-0.39, 0.29) is 11.8 Å². The molecular formula is C18H18BrClN2O4. The summed E-state index contributed by atoms with van der Waals surface area (Å²) in [6.07, 6.45) is -0.751. The Hall–Kier alpha value is -2.25. The molecule has 0 fully saturated rings. The van der Waals surface area contributed by atoms with E-state index in [9.17, 15) is 9.59 Å². The van der Waals surface area contributed by atoms with E-state index in [0.717, 1.165) is 0 Å². The zero-order chi connectivity index (χ0) is 19.3. The Morgan fingerprint density at radius 1 is 1.12 bits per heavy atom. The van der Waals surface area contributed by atoms with Crippen LogP contribution in [0.25, 0.3) is 0 Å². The van der Waals surface area contributed by atoms with Gasteiger partial charge in [0, 0.05) is 17.6 Å². The Balaban J connectivity index is 2.09. The fourth-order valence-corrected chi connectivity index (χ4v) is 2.91. The third-order valence-corrected chi connectivity index (χ3v) is 4.20. The van der Waals surface area contributed by atoms with Crippen LogP contribution in [0.15, 0.2) is 40.9 Å². The van der Waals surface area contributed by atoms with Crippen molar-refractivity contribution in [3.05, 3.63) is 45.9 Å². The van der Waals surface area contributed by atoms with Gasteiger partial charge >= 0.3 is 0 Å². The lowest BCUT2D eigenvalue weighted by Gasteiger charge is -2.17. The van der Waals surface area contributed by atoms with Crippen LogP contribution in [0.5, 0.6) is 11.5 Å². The molecule has 6 nitrogen and oxygen atoms in total. The minimum atomic E-state index is -0.751. The van der Waals surface area contributed by atoms with Crippen LogP contribution >= 0.6 is 27.5 Å². The van der Waals surface area contributed by atoms with Gasteiger partial charge in [-0.2, -0.15) is 0 Å². The van der Waals surface area contributed by atoms with Gasteiger partial charge < -0.3 is 20.1 Å². The molecule has 0 aliphatic rings. The van der Waals surface area contributed by atoms with E-state index in [1.54, 1.807) is 43.3 Å². The summed E-state index contributed by atoms with van der Waals surface area (Å²) in [6, 6.07) is 9.98. The third-order valence-electron chi connectivity index (χ3n) is 3.34. The van der Waals surface area contributed by atoms with E-state index in [4.69, 9.17) is 21.1 Å². The van der Waals surface area contributed by atoms with Crippen LogP contribution in [-0.2, 0) is 9.59 Å². The van der Waals surface area contributed by atoms with Crippen molar-refractivity contribution in [3.8, 4) is 11.5 Å². The smallest absolute Gasteiger partial charge is 0.265 e. The monoisotopic (exact) mass is 440 g/mol. The number of hydrogen-bond acceptors (Lipinski definition) is 4. The molecule has 0 radical (unpaired) electrons. The quantitative estimate of drug-likeness (QED) is 0.693. The Labute approximate surface area is 164 Å². The number of anilines is 2. The van der Waals surface area contributed by atoms with Crippen molar-refractivity contribution >= 4 is 50.7 Å². The Kier molecular flexibility index (Phi) is 6.88. The fraction of sp³-hybridized carbons (Fsp3) is 0.222. The van der Waals surface area contributed by atoms with Crippen molar-refractivity contribution < 1.29 is 19.1 Å². The van der Waals surface area contributed by atoms with E-state index < -0.39 is 6.10 Å². The van der Waals surface area contributed by atoms with Gasteiger partial charge in [-0.3, -0.25) is 9.59 Å². The predicted octanol–water partition coefficient (Wildman–Crippen LogP) is 4.48. The number of carbonyl (C=O) groups is 2. The topological polar surface area (TPSA) is 76.7 Å². The highest BCUT2D eigenvalue weighted by Crippen LogP contribution is 2.30. The molecule has 0 aliphatic carbocycles. The minimum absolute atomic E-state index is 0.240. The first-order valence-corrected chi connectivity index (χ1v) is 8.85. The summed E-state index contributed by atoms with van der Waals surface area (Å²) >= 11 is 9.24. The van der Waals surface area contributed by atoms with E-state index in [1.165, 1.54) is 14.0 Å². The van der Waals surface area contributed by atoms with Gasteiger partial charge in [0.1, 0.15) is 11.5 Å². The second-order valence-electron chi connectivity index (χ2n) is 5.42. The molecule has 1 atom stereocenters. The number of benzene rings is 2. The molecule has 0 saturated carbocycles. The number of methoxy groups -OCH3 is 1. The maximum Gasteiger partial charge on any atom is 0.265 e. The van der Waals surface area contributed by atoms with Crippen LogP contribution in [0.2, 0.25) is 5.02 Å². The predicted molar refractivity (Wildman–Crippen MR) is 105 cm³/mol. The highest BCUT2D eigenvalue weighted by Gasteiger charge is 2.17. The molecule has 2 N–H and O–H groups in total. The maximum atomic E-state index is 12.4. The molecule has 138 valence electrons. The van der Waals surface area contributed by atoms with Crippen molar-refractivity contribution in [2.75, 3.05) is 17.7 Å². The number of ether oxygens (including phenoxy) is 2. The lowest BCUT2D eigenvalue weighted by molar-refractivity contribution is -0.122. The summed E-state index contributed by atoms with van der Waals surface area (Å²) in [4.78, 5) is 23.7. The molecule has 2 rings (SSSR count). The zero-order valence-electron chi connectivity index (χ0n) is 14.4. The molecular weight excluding hydrogens is 424 g/mol. The van der Waals surface area contributed by atoms with E-state index in [2.05, 4.69) is 26.6 Å². The van der Waals surface area contributed by atoms with E-state index in [0.29, 0.717) is 32.4 Å². The molecule has 0 bridgehead atoms. The largest absolute Gasteiger partial charge is 0.495 e. The van der Waals surface area contributed by atoms with E-state index >= 15 is 0 Å². The number of carbonyl (C=O) groups excluding carboxylic acids is 2. The molecule has 2 aromatic carbocycles. The van der Waals surface area contributed by atoms with Crippen LogP contribution in [0.1, 0.15) is 13.8 Å². The molecule has 0 aromatic heterocycles. The lowest BCUT2D eigenvalue weighted by atomic mass is 10.2. The second-order valence-corrected chi connectivity index (χ2v) is 6.71. The van der Waals surface area contributed by atoms with Crippen LogP contribution < -0.4 is 20.1 Å². The van der Waals surface area contributed by atoms with Gasteiger partial charge in [-0.25, -0.2) is 0 Å². The SMILES string of the molecule is COc1ccc(NC(=O)[C@@H](C)Oc2ccc(Cl)cc2Br)cc1NC(C)=O. The summed E-state index contributed by atoms with van der Waals surface area (Å²) in [5, 5.41) is 5.96. The maximum absolute atomic E-state index is 12.4. The zero-order valence-corrected chi connectivity index (χ0v) is 16.8. The Bertz CT molecular complexity index is 829. The second kappa shape index (κ2) is 8.91. The van der Waals surface area contributed by atoms with Crippen LogP contribution in [0.3, 0.4) is 0 Å². The minimum Gasteiger partial charge on any atom is -0.495 e. The third kappa shape index (κ3) is 5.37. The van der Waals surface area contributed by atoms with E-state index in [1.807, 2.05) is 0 Å². The first kappa shape index (κ1) is 20.1. The van der Waals surface area contributed by atoms with Crippen molar-refractivity contribution in [1.29, 1.82) is 0 Å². The van der Waals surface area contributed by atoms with Crippen LogP contribution in [0.4, 0.5) is 11.4 Å². The summed E-state index contributed by atoms with van der Waals surface area (Å²) in [6.45, 7) is 3.03. The van der Waals surface area contributed by atoms with Gasteiger partial charge in [0.15, 0.2) is 6.10 Å². The van der Waals surface area contributed by atoms with Gasteiger partial charge in [-0.05, 0) is 59.3 Å². The molecule has 0 unspecified atom stereocenters. The number of halogens is 2. The Morgan fingerprint density at radius 3 is 2.42 bits per heavy atom. The first-order chi connectivity index (χ1) is 12.3. The number of nitrogens with one attached hydrogen (secondary N) is 2. The first-order valence-electron chi connectivity index (χ1n) is 7.68. The normalized spacial score (nSPS) is 11.4. The van der Waals surface area contributed by atoms with Crippen molar-refractivity contribution in [2.24, 2.45) is 0 Å². The molecule has 2 aromatic rings. The molecule has 8 heteroatoms. The molecule has 0 spiro atoms. The molecule has 2 amide bonds. The van der Waals surface area contributed by atoms with Gasteiger partial charge in [0.2, 0.25) is 5.91 Å². The van der Waals surface area contributed by atoms with Gasteiger partial charge in [-0.15, -0.1) is 0 Å². The Morgan fingerprint density at radius 2 is 1.81 bits per heavy atom. The average Bonchev–Trinajstić information content (AvgIpc) is 2.57. The van der Waals surface area contributed by atoms with Crippen LogP contribution in [0, 0.1) is 0 Å². The lowest BCUT2D eigenvalue weighted by Crippen LogP contribution is -2.30. The summed E-state index contributed by atoms with van der Waals surface area (Å²) < 4.78 is 11.5. The van der Waals surface area contributed by atoms with Crippen molar-refractivity contribution in [2.45, 2.75) is 20.0 Å².